The third-order valence-corrected chi connectivity index (χ3v) is 4.82. The van der Waals surface area contributed by atoms with E-state index in [0.29, 0.717) is 38.3 Å². The molecule has 0 bridgehead atoms. The average molecular weight is 355 g/mol. The number of amides is 2. The highest BCUT2D eigenvalue weighted by atomic mass is 16.2. The molecule has 0 atom stereocenters. The number of nitrogens with zero attached hydrogens (tertiary/aromatic N) is 4. The number of rotatable bonds is 4. The summed E-state index contributed by atoms with van der Waals surface area (Å²) in [6, 6.07) is 9.31. The summed E-state index contributed by atoms with van der Waals surface area (Å²) in [6.45, 7) is 6.78. The molecule has 1 aromatic carbocycles. The summed E-state index contributed by atoms with van der Waals surface area (Å²) in [5, 5.41) is 7.27. The van der Waals surface area contributed by atoms with Crippen LogP contribution in [-0.4, -0.2) is 64.1 Å². The topological polar surface area (TPSA) is 70.5 Å². The Kier molecular flexibility index (Phi) is 5.37. The Labute approximate surface area is 153 Å². The molecule has 1 aromatic heterocycles. The second-order valence-electron chi connectivity index (χ2n) is 6.65. The second kappa shape index (κ2) is 7.70. The van der Waals surface area contributed by atoms with Gasteiger partial charge in [0.1, 0.15) is 0 Å². The Hall–Kier alpha value is -2.67. The molecule has 1 N–H and O–H groups in total. The molecule has 2 heterocycles. The molecule has 138 valence electrons. The van der Waals surface area contributed by atoms with E-state index in [0.717, 1.165) is 17.1 Å². The summed E-state index contributed by atoms with van der Waals surface area (Å²) in [5.41, 5.74) is 3.25. The minimum atomic E-state index is -0.0490. The Balaban J connectivity index is 1.51. The standard InChI is InChI=1S/C19H25N5O2/c1-14-18(15(2)22(3)21-14)20-17(25)13-23-9-11-24(12-10-23)19(26)16-7-5-4-6-8-16/h4-8H,9-13H2,1-3H3,(H,20,25). The van der Waals surface area contributed by atoms with Crippen LogP contribution in [0, 0.1) is 13.8 Å². The van der Waals surface area contributed by atoms with Crippen molar-refractivity contribution in [3.05, 3.63) is 47.3 Å². The van der Waals surface area contributed by atoms with E-state index in [2.05, 4.69) is 15.3 Å². The van der Waals surface area contributed by atoms with Crippen LogP contribution in [0.1, 0.15) is 21.7 Å². The van der Waals surface area contributed by atoms with Crippen LogP contribution in [0.2, 0.25) is 0 Å². The minimum absolute atomic E-state index is 0.0490. The fraction of sp³-hybridized carbons (Fsp3) is 0.421. The maximum absolute atomic E-state index is 12.5. The summed E-state index contributed by atoms with van der Waals surface area (Å²) in [5.74, 6) is 0.00310. The van der Waals surface area contributed by atoms with E-state index in [1.807, 2.05) is 56.1 Å². The van der Waals surface area contributed by atoms with Crippen LogP contribution >= 0.6 is 0 Å². The van der Waals surface area contributed by atoms with Crippen molar-refractivity contribution in [1.82, 2.24) is 19.6 Å². The van der Waals surface area contributed by atoms with E-state index < -0.39 is 0 Å². The van der Waals surface area contributed by atoms with Crippen LogP contribution in [0.15, 0.2) is 30.3 Å². The summed E-state index contributed by atoms with van der Waals surface area (Å²) >= 11 is 0. The Morgan fingerprint density at radius 2 is 1.73 bits per heavy atom. The van der Waals surface area contributed by atoms with Gasteiger partial charge in [0.05, 0.1) is 23.6 Å². The van der Waals surface area contributed by atoms with Gasteiger partial charge in [0, 0.05) is 38.8 Å². The number of aryl methyl sites for hydroxylation is 2. The number of aromatic nitrogens is 2. The molecule has 7 heteroatoms. The molecule has 0 saturated carbocycles. The smallest absolute Gasteiger partial charge is 0.253 e. The fourth-order valence-electron chi connectivity index (χ4n) is 3.21. The number of hydrogen-bond donors (Lipinski definition) is 1. The first-order valence-electron chi connectivity index (χ1n) is 8.82. The molecule has 1 aliphatic rings. The van der Waals surface area contributed by atoms with Gasteiger partial charge in [0.25, 0.3) is 5.91 Å². The molecular weight excluding hydrogens is 330 g/mol. The summed E-state index contributed by atoms with van der Waals surface area (Å²) in [4.78, 5) is 28.7. The number of carbonyl (C=O) groups excluding carboxylic acids is 2. The van der Waals surface area contributed by atoms with E-state index >= 15 is 0 Å². The molecule has 0 spiro atoms. The lowest BCUT2D eigenvalue weighted by atomic mass is 10.2. The largest absolute Gasteiger partial charge is 0.336 e. The molecule has 1 aliphatic heterocycles. The van der Waals surface area contributed by atoms with Crippen LogP contribution < -0.4 is 5.32 Å². The summed E-state index contributed by atoms with van der Waals surface area (Å²) in [7, 11) is 1.86. The second-order valence-corrected chi connectivity index (χ2v) is 6.65. The first-order chi connectivity index (χ1) is 12.5. The Morgan fingerprint density at radius 1 is 1.08 bits per heavy atom. The zero-order valence-electron chi connectivity index (χ0n) is 15.5. The number of anilines is 1. The van der Waals surface area contributed by atoms with Crippen LogP contribution in [0.3, 0.4) is 0 Å². The van der Waals surface area contributed by atoms with Gasteiger partial charge >= 0.3 is 0 Å². The van der Waals surface area contributed by atoms with Crippen molar-refractivity contribution >= 4 is 17.5 Å². The number of benzene rings is 1. The van der Waals surface area contributed by atoms with E-state index in [9.17, 15) is 9.59 Å². The van der Waals surface area contributed by atoms with Crippen molar-refractivity contribution in [2.45, 2.75) is 13.8 Å². The number of nitrogens with one attached hydrogen (secondary N) is 1. The third kappa shape index (κ3) is 3.94. The van der Waals surface area contributed by atoms with E-state index in [4.69, 9.17) is 0 Å². The monoisotopic (exact) mass is 355 g/mol. The van der Waals surface area contributed by atoms with Crippen LogP contribution in [0.5, 0.6) is 0 Å². The van der Waals surface area contributed by atoms with Gasteiger partial charge in [-0.15, -0.1) is 0 Å². The normalized spacial score (nSPS) is 15.1. The lowest BCUT2D eigenvalue weighted by Gasteiger charge is -2.34. The van der Waals surface area contributed by atoms with Gasteiger partial charge in [-0.25, -0.2) is 0 Å². The minimum Gasteiger partial charge on any atom is -0.336 e. The SMILES string of the molecule is Cc1nn(C)c(C)c1NC(=O)CN1CCN(C(=O)c2ccccc2)CC1. The first-order valence-corrected chi connectivity index (χ1v) is 8.82. The van der Waals surface area contributed by atoms with Gasteiger partial charge < -0.3 is 10.2 Å². The molecule has 1 fully saturated rings. The zero-order chi connectivity index (χ0) is 18.7. The van der Waals surface area contributed by atoms with Crippen molar-refractivity contribution in [2.24, 2.45) is 7.05 Å². The zero-order valence-corrected chi connectivity index (χ0v) is 15.5. The molecule has 7 nitrogen and oxygen atoms in total. The fourth-order valence-corrected chi connectivity index (χ4v) is 3.21. The van der Waals surface area contributed by atoms with Gasteiger partial charge in [-0.05, 0) is 26.0 Å². The van der Waals surface area contributed by atoms with Gasteiger partial charge in [-0.3, -0.25) is 19.2 Å². The maximum atomic E-state index is 12.5. The number of hydrogen-bond acceptors (Lipinski definition) is 4. The van der Waals surface area contributed by atoms with Crippen molar-refractivity contribution < 1.29 is 9.59 Å². The quantitative estimate of drug-likeness (QED) is 0.901. The van der Waals surface area contributed by atoms with Crippen molar-refractivity contribution in [1.29, 1.82) is 0 Å². The van der Waals surface area contributed by atoms with Crippen LogP contribution in [0.4, 0.5) is 5.69 Å². The molecule has 2 aromatic rings. The molecule has 3 rings (SSSR count). The van der Waals surface area contributed by atoms with Gasteiger partial charge in [0.2, 0.25) is 5.91 Å². The molecule has 0 aliphatic carbocycles. The highest BCUT2D eigenvalue weighted by Crippen LogP contribution is 2.18. The van der Waals surface area contributed by atoms with Gasteiger partial charge in [-0.1, -0.05) is 18.2 Å². The van der Waals surface area contributed by atoms with Crippen LogP contribution in [0.25, 0.3) is 0 Å². The molecule has 2 amide bonds. The lowest BCUT2D eigenvalue weighted by molar-refractivity contribution is -0.117. The van der Waals surface area contributed by atoms with Gasteiger partial charge in [-0.2, -0.15) is 5.10 Å². The Bertz CT molecular complexity index is 792. The predicted molar refractivity (Wildman–Crippen MR) is 100 cm³/mol. The van der Waals surface area contributed by atoms with Crippen molar-refractivity contribution in [3.63, 3.8) is 0 Å². The average Bonchev–Trinajstić information content (AvgIpc) is 2.88. The first kappa shape index (κ1) is 18.1. The molecular formula is C19H25N5O2. The summed E-state index contributed by atoms with van der Waals surface area (Å²) < 4.78 is 1.76. The predicted octanol–water partition coefficient (Wildman–Crippen LogP) is 1.43. The highest BCUT2D eigenvalue weighted by molar-refractivity contribution is 5.94. The van der Waals surface area contributed by atoms with Crippen LogP contribution in [-0.2, 0) is 11.8 Å². The molecule has 1 saturated heterocycles. The molecule has 0 radical (unpaired) electrons. The third-order valence-electron chi connectivity index (χ3n) is 4.82. The van der Waals surface area contributed by atoms with E-state index in [-0.39, 0.29) is 11.8 Å². The van der Waals surface area contributed by atoms with Gasteiger partial charge in [0.15, 0.2) is 0 Å². The Morgan fingerprint density at radius 3 is 2.31 bits per heavy atom. The van der Waals surface area contributed by atoms with E-state index in [1.165, 1.54) is 0 Å². The van der Waals surface area contributed by atoms with Crippen molar-refractivity contribution in [3.8, 4) is 0 Å². The maximum Gasteiger partial charge on any atom is 0.253 e. The summed E-state index contributed by atoms with van der Waals surface area (Å²) in [6.07, 6.45) is 0. The lowest BCUT2D eigenvalue weighted by Crippen LogP contribution is -2.50. The van der Waals surface area contributed by atoms with Crippen molar-refractivity contribution in [2.75, 3.05) is 38.0 Å². The number of carbonyl (C=O) groups is 2. The number of piperazine rings is 1. The highest BCUT2D eigenvalue weighted by Gasteiger charge is 2.23. The molecule has 26 heavy (non-hydrogen) atoms. The molecule has 0 unspecified atom stereocenters. The van der Waals surface area contributed by atoms with E-state index in [1.54, 1.807) is 4.68 Å².